The summed E-state index contributed by atoms with van der Waals surface area (Å²) in [6.07, 6.45) is 13.0. The summed E-state index contributed by atoms with van der Waals surface area (Å²) in [5.74, 6) is 1.09. The Labute approximate surface area is 332 Å². The summed E-state index contributed by atoms with van der Waals surface area (Å²) < 4.78 is 9.63. The molecule has 0 bridgehead atoms. The maximum absolute atomic E-state index is 13.9. The average Bonchev–Trinajstić information content (AvgIpc) is 4.09. The molecule has 2 fully saturated rings. The van der Waals surface area contributed by atoms with Gasteiger partial charge in [-0.05, 0) is 59.8 Å². The summed E-state index contributed by atoms with van der Waals surface area (Å²) in [5.41, 5.74) is 5.75. The van der Waals surface area contributed by atoms with Gasteiger partial charge in [-0.2, -0.15) is 0 Å². The van der Waals surface area contributed by atoms with Crippen molar-refractivity contribution in [1.82, 2.24) is 40.4 Å². The summed E-state index contributed by atoms with van der Waals surface area (Å²) in [6, 6.07) is 14.6. The van der Waals surface area contributed by atoms with E-state index in [9.17, 15) is 19.2 Å². The van der Waals surface area contributed by atoms with E-state index in [0.29, 0.717) is 18.9 Å². The molecule has 4 aromatic rings. The molecule has 1 aliphatic carbocycles. The summed E-state index contributed by atoms with van der Waals surface area (Å²) in [7, 11) is 2.61. The van der Waals surface area contributed by atoms with Crippen molar-refractivity contribution in [2.75, 3.05) is 27.3 Å². The molecule has 14 heteroatoms. The zero-order chi connectivity index (χ0) is 40.1. The van der Waals surface area contributed by atoms with E-state index in [1.54, 1.807) is 17.3 Å². The third-order valence-corrected chi connectivity index (χ3v) is 11.5. The van der Waals surface area contributed by atoms with Crippen molar-refractivity contribution in [2.45, 2.75) is 83.0 Å². The Morgan fingerprint density at radius 3 is 1.86 bits per heavy atom. The van der Waals surface area contributed by atoms with Crippen LogP contribution in [0.5, 0.6) is 0 Å². The minimum atomic E-state index is -0.688. The van der Waals surface area contributed by atoms with Gasteiger partial charge in [-0.25, -0.2) is 19.6 Å². The Bertz CT molecular complexity index is 2070. The van der Waals surface area contributed by atoms with Gasteiger partial charge in [0, 0.05) is 13.1 Å². The van der Waals surface area contributed by atoms with E-state index in [1.165, 1.54) is 14.2 Å². The monoisotopic (exact) mass is 776 g/mol. The normalized spacial score (nSPS) is 19.4. The molecular weight excluding hydrogens is 725 g/mol. The first-order chi connectivity index (χ1) is 27.6. The number of methoxy groups -OCH3 is 2. The first-order valence-electron chi connectivity index (χ1n) is 19.9. The van der Waals surface area contributed by atoms with Crippen molar-refractivity contribution in [3.8, 4) is 33.6 Å². The van der Waals surface area contributed by atoms with E-state index < -0.39 is 24.3 Å². The third kappa shape index (κ3) is 8.59. The molecule has 1 saturated carbocycles. The van der Waals surface area contributed by atoms with Gasteiger partial charge in [-0.3, -0.25) is 9.59 Å². The second-order valence-corrected chi connectivity index (χ2v) is 15.4. The number of hydrogen-bond acceptors (Lipinski definition) is 8. The minimum absolute atomic E-state index is 0.0706. The molecule has 2 unspecified atom stereocenters. The Kier molecular flexibility index (Phi) is 12.1. The molecule has 0 radical (unpaired) electrons. The van der Waals surface area contributed by atoms with Crippen LogP contribution in [0.1, 0.15) is 82.5 Å². The number of ether oxygens (including phenoxy) is 2. The highest BCUT2D eigenvalue weighted by Gasteiger charge is 2.39. The predicted octanol–water partition coefficient (Wildman–Crippen LogP) is 6.92. The van der Waals surface area contributed by atoms with Crippen LogP contribution in [0.4, 0.5) is 9.59 Å². The number of likely N-dealkylation sites (tertiary alicyclic amines) is 1. The molecule has 1 saturated heterocycles. The lowest BCUT2D eigenvalue weighted by Gasteiger charge is -2.34. The number of alkyl carbamates (subject to hydrolysis) is 2. The van der Waals surface area contributed by atoms with Crippen LogP contribution in [0.15, 0.2) is 73.1 Å². The number of imidazole rings is 2. The molecule has 3 aliphatic rings. The van der Waals surface area contributed by atoms with E-state index in [-0.39, 0.29) is 35.7 Å². The first kappa shape index (κ1) is 39.3. The van der Waals surface area contributed by atoms with Crippen molar-refractivity contribution in [1.29, 1.82) is 0 Å². The number of nitrogens with one attached hydrogen (secondary N) is 4. The van der Waals surface area contributed by atoms with Crippen molar-refractivity contribution in [3.05, 3.63) is 84.7 Å². The van der Waals surface area contributed by atoms with Gasteiger partial charge in [-0.15, -0.1) is 0 Å². The standard InChI is InChI=1S/C43H52N8O6/c1-26(2)36(48-42(54)56-3)40(52)50-22-8-12-34(50)38-44-24-32(46-38)29-18-14-27(15-19-29)28-16-20-30(21-17-28)33-25-45-39(47-33)35-13-9-23-51(35)41(53)37(49-43(55)57-4)31-10-6-5-7-11-31/h9,13-21,24-26,31,34-37H,5-8,10-12,22-23H2,1-4H3,(H,44,46)(H,45,47)(H,48,54)(H,49,55)/t34?,35?,36-,37-/m0/s1. The average molecular weight is 777 g/mol. The van der Waals surface area contributed by atoms with E-state index >= 15 is 0 Å². The molecule has 14 nitrogen and oxygen atoms in total. The van der Waals surface area contributed by atoms with E-state index in [0.717, 1.165) is 84.4 Å². The van der Waals surface area contributed by atoms with Crippen molar-refractivity contribution in [2.24, 2.45) is 11.8 Å². The van der Waals surface area contributed by atoms with E-state index in [2.05, 4.69) is 67.0 Å². The largest absolute Gasteiger partial charge is 0.453 e. The van der Waals surface area contributed by atoms with Crippen LogP contribution in [-0.2, 0) is 19.1 Å². The highest BCUT2D eigenvalue weighted by molar-refractivity contribution is 5.87. The van der Waals surface area contributed by atoms with Gasteiger partial charge in [0.25, 0.3) is 0 Å². The quantitative estimate of drug-likeness (QED) is 0.119. The van der Waals surface area contributed by atoms with Crippen LogP contribution in [0, 0.1) is 11.8 Å². The Hall–Kier alpha value is -5.92. The molecule has 4 atom stereocenters. The molecule has 57 heavy (non-hydrogen) atoms. The minimum Gasteiger partial charge on any atom is -0.453 e. The second kappa shape index (κ2) is 17.5. The number of carbonyl (C=O) groups is 4. The smallest absolute Gasteiger partial charge is 0.407 e. The molecule has 7 rings (SSSR count). The summed E-state index contributed by atoms with van der Waals surface area (Å²) >= 11 is 0. The molecular formula is C43H52N8O6. The second-order valence-electron chi connectivity index (χ2n) is 15.4. The van der Waals surface area contributed by atoms with Crippen LogP contribution in [0.2, 0.25) is 0 Å². The van der Waals surface area contributed by atoms with Crippen molar-refractivity contribution < 1.29 is 28.7 Å². The lowest BCUT2D eigenvalue weighted by atomic mass is 9.83. The van der Waals surface area contributed by atoms with Crippen LogP contribution < -0.4 is 10.6 Å². The van der Waals surface area contributed by atoms with Crippen LogP contribution in [0.25, 0.3) is 33.6 Å². The van der Waals surface area contributed by atoms with Crippen LogP contribution in [-0.4, -0.2) is 93.1 Å². The van der Waals surface area contributed by atoms with Crippen LogP contribution >= 0.6 is 0 Å². The van der Waals surface area contributed by atoms with E-state index in [4.69, 9.17) is 9.47 Å². The zero-order valence-electron chi connectivity index (χ0n) is 33.0. The number of benzene rings is 2. The SMILES string of the molecule is COC(=O)N[C@H](C(=O)N1CCCC1c1ncc(-c2ccc(-c3ccc(-c4cnc(C5C=CCN5C(=O)[C@@H](NC(=O)OC)C5CCCCC5)[nH]4)cc3)cc2)[nH]1)C(C)C. The molecule has 2 aromatic carbocycles. The predicted molar refractivity (Wildman–Crippen MR) is 214 cm³/mol. The number of H-pyrrole nitrogens is 2. The summed E-state index contributed by atoms with van der Waals surface area (Å²) in [5, 5.41) is 5.53. The van der Waals surface area contributed by atoms with Gasteiger partial charge in [0.1, 0.15) is 29.8 Å². The molecule has 4 amide bonds. The lowest BCUT2D eigenvalue weighted by Crippen LogP contribution is -2.52. The van der Waals surface area contributed by atoms with Gasteiger partial charge in [0.15, 0.2) is 0 Å². The molecule has 2 aliphatic heterocycles. The summed E-state index contributed by atoms with van der Waals surface area (Å²) in [6.45, 7) is 4.84. The highest BCUT2D eigenvalue weighted by atomic mass is 16.5. The Balaban J connectivity index is 1.00. The fourth-order valence-electron chi connectivity index (χ4n) is 8.36. The Morgan fingerprint density at radius 1 is 0.702 bits per heavy atom. The van der Waals surface area contributed by atoms with Gasteiger partial charge >= 0.3 is 12.2 Å². The summed E-state index contributed by atoms with van der Waals surface area (Å²) in [4.78, 5) is 71.5. The molecule has 4 heterocycles. The van der Waals surface area contributed by atoms with Gasteiger partial charge in [-0.1, -0.05) is 93.8 Å². The number of aromatic amines is 2. The molecule has 0 spiro atoms. The molecule has 4 N–H and O–H groups in total. The lowest BCUT2D eigenvalue weighted by molar-refractivity contribution is -0.136. The third-order valence-electron chi connectivity index (χ3n) is 11.5. The number of aromatic nitrogens is 4. The zero-order valence-corrected chi connectivity index (χ0v) is 33.0. The maximum Gasteiger partial charge on any atom is 0.407 e. The number of carbonyl (C=O) groups excluding carboxylic acids is 4. The fourth-order valence-corrected chi connectivity index (χ4v) is 8.36. The van der Waals surface area contributed by atoms with Gasteiger partial charge in [0.05, 0.1) is 44.0 Å². The molecule has 2 aromatic heterocycles. The highest BCUT2D eigenvalue weighted by Crippen LogP contribution is 2.35. The number of hydrogen-bond donors (Lipinski definition) is 4. The first-order valence-corrected chi connectivity index (χ1v) is 19.9. The van der Waals surface area contributed by atoms with Gasteiger partial charge < -0.3 is 39.9 Å². The Morgan fingerprint density at radius 2 is 1.26 bits per heavy atom. The topological polar surface area (TPSA) is 175 Å². The van der Waals surface area contributed by atoms with Crippen LogP contribution in [0.3, 0.4) is 0 Å². The maximum atomic E-state index is 13.9. The molecule has 300 valence electrons. The van der Waals surface area contributed by atoms with Crippen molar-refractivity contribution >= 4 is 24.0 Å². The fraction of sp³-hybridized carbons (Fsp3) is 0.442. The van der Waals surface area contributed by atoms with Gasteiger partial charge in [0.2, 0.25) is 11.8 Å². The van der Waals surface area contributed by atoms with E-state index in [1.807, 2.05) is 43.0 Å². The van der Waals surface area contributed by atoms with Crippen molar-refractivity contribution in [3.63, 3.8) is 0 Å². The number of rotatable bonds is 11. The number of amides is 4. The number of nitrogens with zero attached hydrogens (tertiary/aromatic N) is 4.